The molecule has 0 aromatic heterocycles. The van der Waals surface area contributed by atoms with E-state index in [1.165, 1.54) is 8.61 Å². The van der Waals surface area contributed by atoms with E-state index >= 15 is 0 Å². The van der Waals surface area contributed by atoms with Crippen molar-refractivity contribution in [3.8, 4) is 0 Å². The van der Waals surface area contributed by atoms with Crippen LogP contribution in [0.4, 0.5) is 5.69 Å². The van der Waals surface area contributed by atoms with Crippen LogP contribution in [0.25, 0.3) is 0 Å². The maximum absolute atomic E-state index is 13.9. The molecular formula is C32H42N4O4S2. The van der Waals surface area contributed by atoms with Gasteiger partial charge in [-0.3, -0.25) is 4.90 Å². The largest absolute Gasteiger partial charge is 0.378 e. The second-order valence-electron chi connectivity index (χ2n) is 11.1. The molecule has 8 nitrogen and oxygen atoms in total. The highest BCUT2D eigenvalue weighted by molar-refractivity contribution is 7.89. The number of sulfonamides is 2. The Morgan fingerprint density at radius 2 is 1.17 bits per heavy atom. The maximum Gasteiger partial charge on any atom is 0.243 e. The highest BCUT2D eigenvalue weighted by Crippen LogP contribution is 2.23. The van der Waals surface area contributed by atoms with Gasteiger partial charge in [-0.05, 0) is 80.4 Å². The third-order valence-corrected chi connectivity index (χ3v) is 11.2. The topological polar surface area (TPSA) is 81.2 Å². The fourth-order valence-electron chi connectivity index (χ4n) is 5.09. The van der Waals surface area contributed by atoms with Crippen LogP contribution < -0.4 is 4.90 Å². The molecule has 0 radical (unpaired) electrons. The van der Waals surface area contributed by atoms with Gasteiger partial charge >= 0.3 is 0 Å². The predicted molar refractivity (Wildman–Crippen MR) is 170 cm³/mol. The Morgan fingerprint density at radius 3 is 1.64 bits per heavy atom. The van der Waals surface area contributed by atoms with E-state index in [4.69, 9.17) is 0 Å². The molecule has 10 heteroatoms. The molecule has 0 spiro atoms. The molecule has 1 fully saturated rings. The van der Waals surface area contributed by atoms with Crippen LogP contribution in [0, 0.1) is 6.92 Å². The van der Waals surface area contributed by atoms with Crippen molar-refractivity contribution in [3.63, 3.8) is 0 Å². The smallest absolute Gasteiger partial charge is 0.243 e. The van der Waals surface area contributed by atoms with Gasteiger partial charge in [0, 0.05) is 52.5 Å². The van der Waals surface area contributed by atoms with Crippen molar-refractivity contribution >= 4 is 25.7 Å². The van der Waals surface area contributed by atoms with Crippen LogP contribution in [-0.4, -0.2) is 83.7 Å². The average Bonchev–Trinajstić information content (AvgIpc) is 2.96. The fourth-order valence-corrected chi connectivity index (χ4v) is 8.10. The van der Waals surface area contributed by atoms with Crippen LogP contribution in [0.2, 0.25) is 0 Å². The van der Waals surface area contributed by atoms with E-state index in [0.29, 0.717) is 51.1 Å². The van der Waals surface area contributed by atoms with E-state index in [1.54, 1.807) is 48.5 Å². The molecule has 0 N–H and O–H groups in total. The Bertz CT molecular complexity index is 1540. The van der Waals surface area contributed by atoms with E-state index < -0.39 is 20.0 Å². The van der Waals surface area contributed by atoms with E-state index in [9.17, 15) is 16.8 Å². The van der Waals surface area contributed by atoms with Crippen molar-refractivity contribution in [2.45, 2.75) is 36.1 Å². The number of hydrogen-bond acceptors (Lipinski definition) is 6. The van der Waals surface area contributed by atoms with Gasteiger partial charge in [0.05, 0.1) is 9.79 Å². The first kappa shape index (κ1) is 31.9. The number of aryl methyl sites for hydroxylation is 1. The monoisotopic (exact) mass is 610 g/mol. The van der Waals surface area contributed by atoms with Gasteiger partial charge in [0.25, 0.3) is 0 Å². The zero-order valence-electron chi connectivity index (χ0n) is 24.8. The highest BCUT2D eigenvalue weighted by atomic mass is 32.2. The first-order valence-corrected chi connectivity index (χ1v) is 17.1. The fraction of sp³-hybridized carbons (Fsp3) is 0.375. The first-order chi connectivity index (χ1) is 20.0. The van der Waals surface area contributed by atoms with E-state index in [1.807, 2.05) is 44.1 Å². The molecule has 0 atom stereocenters. The summed E-state index contributed by atoms with van der Waals surface area (Å²) in [6, 6.07) is 23.8. The molecule has 1 aliphatic rings. The van der Waals surface area contributed by atoms with Crippen LogP contribution in [-0.2, 0) is 26.6 Å². The molecule has 1 saturated heterocycles. The number of anilines is 1. The van der Waals surface area contributed by atoms with E-state index in [0.717, 1.165) is 16.8 Å². The minimum Gasteiger partial charge on any atom is -0.378 e. The average molecular weight is 611 g/mol. The van der Waals surface area contributed by atoms with Crippen molar-refractivity contribution in [2.24, 2.45) is 0 Å². The lowest BCUT2D eigenvalue weighted by molar-refractivity contribution is 0.238. The van der Waals surface area contributed by atoms with Gasteiger partial charge in [0.15, 0.2) is 0 Å². The van der Waals surface area contributed by atoms with Crippen LogP contribution in [0.15, 0.2) is 101 Å². The Labute approximate surface area is 252 Å². The van der Waals surface area contributed by atoms with Crippen molar-refractivity contribution in [1.29, 1.82) is 0 Å². The molecular weight excluding hydrogens is 569 g/mol. The number of nitrogens with zero attached hydrogens (tertiary/aromatic N) is 4. The molecule has 0 bridgehead atoms. The molecule has 226 valence electrons. The van der Waals surface area contributed by atoms with Crippen LogP contribution in [0.5, 0.6) is 0 Å². The van der Waals surface area contributed by atoms with Crippen molar-refractivity contribution < 1.29 is 16.8 Å². The van der Waals surface area contributed by atoms with Crippen LogP contribution in [0.1, 0.15) is 24.0 Å². The third kappa shape index (κ3) is 8.08. The Kier molecular flexibility index (Phi) is 10.6. The van der Waals surface area contributed by atoms with Gasteiger partial charge in [-0.1, -0.05) is 54.6 Å². The van der Waals surface area contributed by atoms with Gasteiger partial charge in [-0.2, -0.15) is 8.61 Å². The van der Waals surface area contributed by atoms with Crippen molar-refractivity contribution in [2.75, 3.05) is 58.3 Å². The predicted octanol–water partition coefficient (Wildman–Crippen LogP) is 4.59. The molecule has 0 unspecified atom stereocenters. The minimum absolute atomic E-state index is 0.0381. The highest BCUT2D eigenvalue weighted by Gasteiger charge is 2.29. The van der Waals surface area contributed by atoms with Crippen LogP contribution >= 0.6 is 0 Å². The van der Waals surface area contributed by atoms with Crippen molar-refractivity contribution in [1.82, 2.24) is 13.5 Å². The molecule has 4 rings (SSSR count). The molecule has 3 aromatic rings. The zero-order valence-corrected chi connectivity index (χ0v) is 26.4. The maximum atomic E-state index is 13.9. The summed E-state index contributed by atoms with van der Waals surface area (Å²) in [5, 5.41) is 0. The summed E-state index contributed by atoms with van der Waals surface area (Å²) in [4.78, 5) is 4.62. The normalized spacial score (nSPS) is 17.4. The van der Waals surface area contributed by atoms with E-state index in [2.05, 4.69) is 23.6 Å². The summed E-state index contributed by atoms with van der Waals surface area (Å²) < 4.78 is 58.1. The molecule has 0 aliphatic carbocycles. The minimum atomic E-state index is -3.84. The summed E-state index contributed by atoms with van der Waals surface area (Å²) in [6.45, 7) is 8.81. The van der Waals surface area contributed by atoms with Crippen LogP contribution in [0.3, 0.4) is 0 Å². The lowest BCUT2D eigenvalue weighted by Gasteiger charge is -2.30. The molecule has 42 heavy (non-hydrogen) atoms. The first-order valence-electron chi connectivity index (χ1n) is 14.2. The number of rotatable bonds is 7. The summed E-state index contributed by atoms with van der Waals surface area (Å²) in [5.74, 6) is 0. The molecule has 0 amide bonds. The SMILES string of the molecule is C=C1CN(S(=O)(=O)c2ccc(C)cc2)CCCN(Cc2ccccc2)CCCN(S(=O)(=O)c2ccc(N(C)C)cc2)C1. The zero-order chi connectivity index (χ0) is 30.3. The van der Waals surface area contributed by atoms with Crippen molar-refractivity contribution in [3.05, 3.63) is 102 Å². The Balaban J connectivity index is 1.63. The second kappa shape index (κ2) is 14.0. The quantitative estimate of drug-likeness (QED) is 0.364. The van der Waals surface area contributed by atoms with Gasteiger partial charge in [0.2, 0.25) is 20.0 Å². The molecule has 3 aromatic carbocycles. The Hall–Kier alpha value is -3.02. The second-order valence-corrected chi connectivity index (χ2v) is 15.0. The summed E-state index contributed by atoms with van der Waals surface area (Å²) >= 11 is 0. The van der Waals surface area contributed by atoms with Gasteiger partial charge < -0.3 is 4.90 Å². The Morgan fingerprint density at radius 1 is 0.690 bits per heavy atom. The lowest BCUT2D eigenvalue weighted by Crippen LogP contribution is -2.41. The van der Waals surface area contributed by atoms with Gasteiger partial charge in [-0.15, -0.1) is 0 Å². The molecule has 1 heterocycles. The van der Waals surface area contributed by atoms with Gasteiger partial charge in [-0.25, -0.2) is 16.8 Å². The third-order valence-electron chi connectivity index (χ3n) is 7.46. The summed E-state index contributed by atoms with van der Waals surface area (Å²) in [7, 11) is -3.85. The molecule has 1 aliphatic heterocycles. The summed E-state index contributed by atoms with van der Waals surface area (Å²) in [5.41, 5.74) is 3.57. The standard InChI is InChI=1S/C32H42N4O4S2/c1-27-12-16-31(17-13-27)41(37,38)35-22-8-20-34(26-29-10-6-5-7-11-29)21-9-23-36(25-28(2)24-35)42(39,40)32-18-14-30(15-19-32)33(3)4/h5-7,10-19H,2,8-9,20-26H2,1,3-4H3. The number of benzene rings is 3. The van der Waals surface area contributed by atoms with E-state index in [-0.39, 0.29) is 22.9 Å². The number of hydrogen-bond donors (Lipinski definition) is 0. The lowest BCUT2D eigenvalue weighted by atomic mass is 10.2. The summed E-state index contributed by atoms with van der Waals surface area (Å²) in [6.07, 6.45) is 1.28. The molecule has 0 saturated carbocycles. The van der Waals surface area contributed by atoms with Gasteiger partial charge in [0.1, 0.15) is 0 Å².